The van der Waals surface area contributed by atoms with Crippen molar-refractivity contribution in [2.24, 2.45) is 7.05 Å². The van der Waals surface area contributed by atoms with E-state index in [1.807, 2.05) is 0 Å². The normalized spacial score (nSPS) is 11.2. The first kappa shape index (κ1) is 11.2. The molecule has 0 aliphatic rings. The maximum absolute atomic E-state index is 8.90. The predicted octanol–water partition coefficient (Wildman–Crippen LogP) is 2.72. The number of aromatic nitrogens is 1. The second-order valence-electron chi connectivity index (χ2n) is 4.55. The van der Waals surface area contributed by atoms with Crippen LogP contribution in [0.1, 0.15) is 23.1 Å². The molecular weight excluding hydrogens is 198 g/mol. The first-order valence-corrected chi connectivity index (χ1v) is 5.79. The summed E-state index contributed by atoms with van der Waals surface area (Å²) in [5.74, 6) is 0. The van der Waals surface area contributed by atoms with E-state index in [1.165, 1.54) is 27.6 Å². The van der Waals surface area contributed by atoms with Crippen molar-refractivity contribution in [3.63, 3.8) is 0 Å². The lowest BCUT2D eigenvalue weighted by Gasteiger charge is -2.03. The molecule has 2 heteroatoms. The highest BCUT2D eigenvalue weighted by Gasteiger charge is 2.07. The standard InChI is InChI=1S/C14H19NO/c1-10-7-13-12(5-4-6-16)9-15(3)14(13)8-11(10)2/h7-9,16H,4-6H2,1-3H3. The van der Waals surface area contributed by atoms with Crippen LogP contribution in [0.3, 0.4) is 0 Å². The zero-order valence-corrected chi connectivity index (χ0v) is 10.2. The van der Waals surface area contributed by atoms with Crippen LogP contribution in [0.25, 0.3) is 10.9 Å². The van der Waals surface area contributed by atoms with Gasteiger partial charge in [0.05, 0.1) is 0 Å². The fourth-order valence-corrected chi connectivity index (χ4v) is 2.19. The van der Waals surface area contributed by atoms with Crippen LogP contribution in [-0.4, -0.2) is 16.3 Å². The third kappa shape index (κ3) is 1.85. The highest BCUT2D eigenvalue weighted by molar-refractivity contribution is 5.85. The zero-order chi connectivity index (χ0) is 11.7. The minimum absolute atomic E-state index is 0.265. The van der Waals surface area contributed by atoms with Crippen molar-refractivity contribution in [1.82, 2.24) is 4.57 Å². The van der Waals surface area contributed by atoms with Crippen LogP contribution in [0.2, 0.25) is 0 Å². The van der Waals surface area contributed by atoms with Crippen molar-refractivity contribution in [1.29, 1.82) is 0 Å². The average Bonchev–Trinajstić information content (AvgIpc) is 2.54. The van der Waals surface area contributed by atoms with Crippen LogP contribution < -0.4 is 0 Å². The highest BCUT2D eigenvalue weighted by atomic mass is 16.2. The Morgan fingerprint density at radius 2 is 1.88 bits per heavy atom. The molecule has 0 saturated carbocycles. The molecule has 1 aromatic carbocycles. The van der Waals surface area contributed by atoms with Gasteiger partial charge in [-0.3, -0.25) is 0 Å². The summed E-state index contributed by atoms with van der Waals surface area (Å²) in [5, 5.41) is 10.2. The van der Waals surface area contributed by atoms with Gasteiger partial charge in [-0.2, -0.15) is 0 Å². The number of aliphatic hydroxyl groups excluding tert-OH is 1. The first-order chi connectivity index (χ1) is 7.63. The molecule has 1 heterocycles. The molecule has 1 aromatic heterocycles. The van der Waals surface area contributed by atoms with Crippen LogP contribution in [-0.2, 0) is 13.5 Å². The second-order valence-corrected chi connectivity index (χ2v) is 4.55. The summed E-state index contributed by atoms with van der Waals surface area (Å²) in [6.07, 6.45) is 3.97. The molecule has 0 saturated heterocycles. The number of nitrogens with zero attached hydrogens (tertiary/aromatic N) is 1. The summed E-state index contributed by atoms with van der Waals surface area (Å²) in [4.78, 5) is 0. The fourth-order valence-electron chi connectivity index (χ4n) is 2.19. The summed E-state index contributed by atoms with van der Waals surface area (Å²) in [7, 11) is 2.08. The number of aryl methyl sites for hydroxylation is 4. The third-order valence-corrected chi connectivity index (χ3v) is 3.29. The molecule has 2 nitrogen and oxygen atoms in total. The van der Waals surface area contributed by atoms with Crippen molar-refractivity contribution in [2.75, 3.05) is 6.61 Å². The van der Waals surface area contributed by atoms with Crippen molar-refractivity contribution in [2.45, 2.75) is 26.7 Å². The largest absolute Gasteiger partial charge is 0.396 e. The molecule has 0 bridgehead atoms. The SMILES string of the molecule is Cc1cc2c(CCCO)cn(C)c2cc1C. The first-order valence-electron chi connectivity index (χ1n) is 5.79. The summed E-state index contributed by atoms with van der Waals surface area (Å²) in [5.41, 5.74) is 5.30. The van der Waals surface area contributed by atoms with Crippen LogP contribution in [0, 0.1) is 13.8 Å². The Morgan fingerprint density at radius 3 is 2.56 bits per heavy atom. The molecule has 2 rings (SSSR count). The average molecular weight is 217 g/mol. The number of hydrogen-bond donors (Lipinski definition) is 1. The monoisotopic (exact) mass is 217 g/mol. The number of fused-ring (bicyclic) bond motifs is 1. The summed E-state index contributed by atoms with van der Waals surface area (Å²) >= 11 is 0. The van der Waals surface area contributed by atoms with Gasteiger partial charge in [-0.1, -0.05) is 0 Å². The lowest BCUT2D eigenvalue weighted by Crippen LogP contribution is -1.88. The quantitative estimate of drug-likeness (QED) is 0.840. The third-order valence-electron chi connectivity index (χ3n) is 3.29. The van der Waals surface area contributed by atoms with Gasteiger partial charge in [-0.25, -0.2) is 0 Å². The Hall–Kier alpha value is -1.28. The van der Waals surface area contributed by atoms with Crippen LogP contribution >= 0.6 is 0 Å². The van der Waals surface area contributed by atoms with Gasteiger partial charge in [0.15, 0.2) is 0 Å². The number of rotatable bonds is 3. The molecule has 16 heavy (non-hydrogen) atoms. The Kier molecular flexibility index (Phi) is 3.01. The fraction of sp³-hybridized carbons (Fsp3) is 0.429. The summed E-state index contributed by atoms with van der Waals surface area (Å²) in [6, 6.07) is 4.50. The van der Waals surface area contributed by atoms with E-state index in [2.05, 4.69) is 43.8 Å². The van der Waals surface area contributed by atoms with E-state index < -0.39 is 0 Å². The molecule has 0 amide bonds. The van der Waals surface area contributed by atoms with Gasteiger partial charge in [-0.05, 0) is 55.5 Å². The minimum atomic E-state index is 0.265. The molecule has 2 aromatic rings. The van der Waals surface area contributed by atoms with E-state index in [-0.39, 0.29) is 6.61 Å². The van der Waals surface area contributed by atoms with E-state index in [1.54, 1.807) is 0 Å². The molecule has 0 unspecified atom stereocenters. The highest BCUT2D eigenvalue weighted by Crippen LogP contribution is 2.25. The Labute approximate surface area is 96.5 Å². The Morgan fingerprint density at radius 1 is 1.19 bits per heavy atom. The van der Waals surface area contributed by atoms with Gasteiger partial charge in [0, 0.05) is 30.8 Å². The number of hydrogen-bond acceptors (Lipinski definition) is 1. The molecular formula is C14H19NO. The Balaban J connectivity index is 2.55. The maximum atomic E-state index is 8.90. The van der Waals surface area contributed by atoms with Gasteiger partial charge in [0.1, 0.15) is 0 Å². The molecule has 0 aliphatic heterocycles. The molecule has 0 radical (unpaired) electrons. The lowest BCUT2D eigenvalue weighted by atomic mass is 10.0. The van der Waals surface area contributed by atoms with Gasteiger partial charge in [0.2, 0.25) is 0 Å². The van der Waals surface area contributed by atoms with E-state index in [9.17, 15) is 0 Å². The van der Waals surface area contributed by atoms with Gasteiger partial charge in [-0.15, -0.1) is 0 Å². The van der Waals surface area contributed by atoms with Crippen LogP contribution in [0.4, 0.5) is 0 Å². The van der Waals surface area contributed by atoms with Crippen molar-refractivity contribution < 1.29 is 5.11 Å². The zero-order valence-electron chi connectivity index (χ0n) is 10.2. The van der Waals surface area contributed by atoms with Crippen molar-refractivity contribution in [3.05, 3.63) is 35.0 Å². The molecule has 0 aliphatic carbocycles. The van der Waals surface area contributed by atoms with E-state index >= 15 is 0 Å². The van der Waals surface area contributed by atoms with E-state index in [4.69, 9.17) is 5.11 Å². The van der Waals surface area contributed by atoms with E-state index in [0.29, 0.717) is 0 Å². The van der Waals surface area contributed by atoms with Crippen LogP contribution in [0.5, 0.6) is 0 Å². The smallest absolute Gasteiger partial charge is 0.0483 e. The van der Waals surface area contributed by atoms with E-state index in [0.717, 1.165) is 12.8 Å². The molecule has 0 atom stereocenters. The van der Waals surface area contributed by atoms with Crippen molar-refractivity contribution >= 4 is 10.9 Å². The number of aliphatic hydroxyl groups is 1. The van der Waals surface area contributed by atoms with Gasteiger partial charge in [0.25, 0.3) is 0 Å². The minimum Gasteiger partial charge on any atom is -0.396 e. The number of benzene rings is 1. The Bertz CT molecular complexity index is 511. The predicted molar refractivity (Wildman–Crippen MR) is 67.8 cm³/mol. The molecule has 1 N–H and O–H groups in total. The van der Waals surface area contributed by atoms with Crippen molar-refractivity contribution in [3.8, 4) is 0 Å². The molecule has 0 spiro atoms. The summed E-state index contributed by atoms with van der Waals surface area (Å²) < 4.78 is 2.18. The summed E-state index contributed by atoms with van der Waals surface area (Å²) in [6.45, 7) is 4.56. The lowest BCUT2D eigenvalue weighted by molar-refractivity contribution is 0.288. The molecule has 86 valence electrons. The maximum Gasteiger partial charge on any atom is 0.0483 e. The van der Waals surface area contributed by atoms with Gasteiger partial charge >= 0.3 is 0 Å². The van der Waals surface area contributed by atoms with Gasteiger partial charge < -0.3 is 9.67 Å². The molecule has 0 fully saturated rings. The second kappa shape index (κ2) is 4.30. The van der Waals surface area contributed by atoms with Crippen LogP contribution in [0.15, 0.2) is 18.3 Å². The topological polar surface area (TPSA) is 25.2 Å².